The third-order valence-corrected chi connectivity index (χ3v) is 4.17. The largest absolute Gasteiger partial charge is 0.453 e. The number of amidine groups is 1. The highest BCUT2D eigenvalue weighted by Crippen LogP contribution is 2.24. The van der Waals surface area contributed by atoms with E-state index in [4.69, 9.17) is 17.0 Å². The molecular formula is C17H17ClFN7O3. The number of carbonyl (C=O) groups is 1. The summed E-state index contributed by atoms with van der Waals surface area (Å²) < 4.78 is 17.8. The standard InChI is InChI=1S/C17H17ClFN7O3/c1-29-17(27)23-7-6-22-16-24-13-10(4-5-21-15(13)25-16)14(20)26(28)9-2-3-12(19)11(18)8-9/h2-5,8,20,28H,6-7H2,1H3,(H,23,27)(H2,21,22,24,25). The van der Waals surface area contributed by atoms with Crippen LogP contribution in [-0.2, 0) is 4.74 Å². The van der Waals surface area contributed by atoms with Gasteiger partial charge in [0.2, 0.25) is 5.95 Å². The minimum atomic E-state index is -0.632. The van der Waals surface area contributed by atoms with Crippen molar-refractivity contribution < 1.29 is 19.1 Å². The number of aromatic nitrogens is 3. The van der Waals surface area contributed by atoms with Crippen LogP contribution in [0, 0.1) is 11.2 Å². The van der Waals surface area contributed by atoms with Gasteiger partial charge in [0.15, 0.2) is 11.5 Å². The minimum absolute atomic E-state index is 0.123. The molecule has 2 heterocycles. The highest BCUT2D eigenvalue weighted by Gasteiger charge is 2.18. The Morgan fingerprint density at radius 2 is 2.21 bits per heavy atom. The zero-order valence-electron chi connectivity index (χ0n) is 15.2. The van der Waals surface area contributed by atoms with Crippen molar-refractivity contribution in [1.29, 1.82) is 5.41 Å². The van der Waals surface area contributed by atoms with Gasteiger partial charge in [0.1, 0.15) is 5.82 Å². The number of carbonyl (C=O) groups excluding carboxylic acids is 1. The molecule has 152 valence electrons. The first-order chi connectivity index (χ1) is 13.9. The molecule has 1 amide bonds. The fourth-order valence-electron chi connectivity index (χ4n) is 2.47. The fourth-order valence-corrected chi connectivity index (χ4v) is 2.64. The van der Waals surface area contributed by atoms with Crippen molar-refractivity contribution in [3.63, 3.8) is 0 Å². The van der Waals surface area contributed by atoms with Crippen molar-refractivity contribution in [2.75, 3.05) is 30.6 Å². The number of pyridine rings is 1. The summed E-state index contributed by atoms with van der Waals surface area (Å²) in [5.74, 6) is -0.552. The van der Waals surface area contributed by atoms with Crippen LogP contribution in [0.3, 0.4) is 0 Å². The van der Waals surface area contributed by atoms with Crippen molar-refractivity contribution in [3.05, 3.63) is 46.9 Å². The van der Waals surface area contributed by atoms with Crippen LogP contribution >= 0.6 is 11.6 Å². The number of fused-ring (bicyclic) bond motifs is 1. The Balaban J connectivity index is 1.78. The molecule has 0 bridgehead atoms. The van der Waals surface area contributed by atoms with Gasteiger partial charge in [0, 0.05) is 24.8 Å². The summed E-state index contributed by atoms with van der Waals surface area (Å²) in [5.41, 5.74) is 1.17. The van der Waals surface area contributed by atoms with E-state index in [2.05, 4.69) is 30.3 Å². The quantitative estimate of drug-likeness (QED) is 0.178. The summed E-state index contributed by atoms with van der Waals surface area (Å²) in [6.07, 6.45) is 0.902. The van der Waals surface area contributed by atoms with Gasteiger partial charge in [-0.3, -0.25) is 10.6 Å². The first-order valence-corrected chi connectivity index (χ1v) is 8.72. The number of hydrogen-bond acceptors (Lipinski definition) is 7. The van der Waals surface area contributed by atoms with Gasteiger partial charge in [0.25, 0.3) is 0 Å². The number of methoxy groups -OCH3 is 1. The second-order valence-corrected chi connectivity index (χ2v) is 6.15. The molecule has 0 radical (unpaired) electrons. The summed E-state index contributed by atoms with van der Waals surface area (Å²) in [6.45, 7) is 0.664. The number of benzene rings is 1. The molecule has 0 aliphatic rings. The summed E-state index contributed by atoms with van der Waals surface area (Å²) in [7, 11) is 1.27. The molecule has 3 rings (SSSR count). The Morgan fingerprint density at radius 1 is 1.41 bits per heavy atom. The van der Waals surface area contributed by atoms with E-state index >= 15 is 0 Å². The number of ether oxygens (including phenoxy) is 1. The Morgan fingerprint density at radius 3 is 2.93 bits per heavy atom. The maximum Gasteiger partial charge on any atom is 0.406 e. The van der Waals surface area contributed by atoms with Gasteiger partial charge in [-0.1, -0.05) is 11.6 Å². The van der Waals surface area contributed by atoms with Crippen molar-refractivity contribution in [3.8, 4) is 0 Å². The van der Waals surface area contributed by atoms with E-state index in [1.54, 1.807) is 0 Å². The molecule has 0 atom stereocenters. The number of hydroxylamine groups is 1. The van der Waals surface area contributed by atoms with Gasteiger partial charge in [-0.2, -0.15) is 4.98 Å². The monoisotopic (exact) mass is 421 g/mol. The number of amides is 1. The molecule has 12 heteroatoms. The van der Waals surface area contributed by atoms with E-state index in [0.29, 0.717) is 40.8 Å². The number of halogens is 2. The van der Waals surface area contributed by atoms with Crippen LogP contribution in [0.4, 0.5) is 20.8 Å². The summed E-state index contributed by atoms with van der Waals surface area (Å²) in [5, 5.41) is 24.6. The molecule has 0 fully saturated rings. The van der Waals surface area contributed by atoms with E-state index in [1.165, 1.54) is 31.5 Å². The normalized spacial score (nSPS) is 10.6. The number of nitrogens with zero attached hydrogens (tertiary/aromatic N) is 3. The van der Waals surface area contributed by atoms with Crippen LogP contribution in [0.5, 0.6) is 0 Å². The molecule has 3 aromatic rings. The topological polar surface area (TPSA) is 139 Å². The number of anilines is 2. The second kappa shape index (κ2) is 8.71. The number of H-pyrrole nitrogens is 1. The highest BCUT2D eigenvalue weighted by molar-refractivity contribution is 6.31. The van der Waals surface area contributed by atoms with Crippen molar-refractivity contribution in [2.24, 2.45) is 0 Å². The molecular weight excluding hydrogens is 405 g/mol. The number of aromatic amines is 1. The van der Waals surface area contributed by atoms with Crippen LogP contribution in [0.15, 0.2) is 30.5 Å². The SMILES string of the molecule is COC(=O)NCCNc1nc2nccc(C(=N)N(O)c3ccc(F)c(Cl)c3)c2[nH]1. The molecule has 0 unspecified atom stereocenters. The second-order valence-electron chi connectivity index (χ2n) is 5.75. The summed E-state index contributed by atoms with van der Waals surface area (Å²) >= 11 is 5.74. The Labute approximate surface area is 169 Å². The van der Waals surface area contributed by atoms with Gasteiger partial charge < -0.3 is 20.4 Å². The van der Waals surface area contributed by atoms with Crippen molar-refractivity contribution >= 4 is 46.3 Å². The maximum absolute atomic E-state index is 13.3. The van der Waals surface area contributed by atoms with E-state index in [-0.39, 0.29) is 16.5 Å². The Bertz CT molecular complexity index is 1060. The number of nitrogens with one attached hydrogen (secondary N) is 4. The molecule has 0 saturated carbocycles. The van der Waals surface area contributed by atoms with Crippen molar-refractivity contribution in [2.45, 2.75) is 0 Å². The van der Waals surface area contributed by atoms with Crippen LogP contribution < -0.4 is 15.7 Å². The third kappa shape index (κ3) is 4.52. The summed E-state index contributed by atoms with van der Waals surface area (Å²) in [6, 6.07) is 5.12. The van der Waals surface area contributed by atoms with E-state index < -0.39 is 11.9 Å². The van der Waals surface area contributed by atoms with E-state index in [9.17, 15) is 14.4 Å². The van der Waals surface area contributed by atoms with Crippen LogP contribution in [0.25, 0.3) is 11.2 Å². The predicted molar refractivity (Wildman–Crippen MR) is 105 cm³/mol. The molecule has 0 spiro atoms. The Kier molecular flexibility index (Phi) is 6.10. The molecule has 0 saturated heterocycles. The van der Waals surface area contributed by atoms with Gasteiger partial charge in [-0.05, 0) is 24.3 Å². The molecule has 29 heavy (non-hydrogen) atoms. The molecule has 1 aromatic carbocycles. The summed E-state index contributed by atoms with van der Waals surface area (Å²) in [4.78, 5) is 22.4. The lowest BCUT2D eigenvalue weighted by Gasteiger charge is -2.18. The smallest absolute Gasteiger partial charge is 0.406 e. The molecule has 10 nitrogen and oxygen atoms in total. The van der Waals surface area contributed by atoms with E-state index in [0.717, 1.165) is 6.07 Å². The first-order valence-electron chi connectivity index (χ1n) is 8.34. The number of alkyl carbamates (subject to hydrolysis) is 1. The Hall–Kier alpha value is -3.44. The minimum Gasteiger partial charge on any atom is -0.453 e. The number of rotatable bonds is 6. The zero-order chi connectivity index (χ0) is 21.0. The molecule has 5 N–H and O–H groups in total. The van der Waals surface area contributed by atoms with Gasteiger partial charge in [-0.25, -0.2) is 19.2 Å². The lowest BCUT2D eigenvalue weighted by Crippen LogP contribution is -2.28. The van der Waals surface area contributed by atoms with Gasteiger partial charge in [-0.15, -0.1) is 0 Å². The van der Waals surface area contributed by atoms with Crippen molar-refractivity contribution in [1.82, 2.24) is 20.3 Å². The lowest BCUT2D eigenvalue weighted by atomic mass is 10.2. The van der Waals surface area contributed by atoms with Gasteiger partial charge >= 0.3 is 6.09 Å². The first kappa shape index (κ1) is 20.3. The van der Waals surface area contributed by atoms with Crippen LogP contribution in [0.1, 0.15) is 5.56 Å². The fraction of sp³-hybridized carbons (Fsp3) is 0.176. The highest BCUT2D eigenvalue weighted by atomic mass is 35.5. The zero-order valence-corrected chi connectivity index (χ0v) is 15.9. The van der Waals surface area contributed by atoms with Crippen LogP contribution in [-0.4, -0.2) is 52.3 Å². The van der Waals surface area contributed by atoms with Crippen LogP contribution in [0.2, 0.25) is 5.02 Å². The number of imidazole rings is 1. The number of hydrogen-bond donors (Lipinski definition) is 5. The average Bonchev–Trinajstić information content (AvgIpc) is 3.14. The molecule has 0 aliphatic carbocycles. The van der Waals surface area contributed by atoms with E-state index in [1.807, 2.05) is 0 Å². The third-order valence-electron chi connectivity index (χ3n) is 3.88. The molecule has 0 aliphatic heterocycles. The maximum atomic E-state index is 13.3. The lowest BCUT2D eigenvalue weighted by molar-refractivity contribution is 0.171. The predicted octanol–water partition coefficient (Wildman–Crippen LogP) is 2.74. The molecule has 2 aromatic heterocycles. The average molecular weight is 422 g/mol. The van der Waals surface area contributed by atoms with Gasteiger partial charge in [0.05, 0.1) is 23.3 Å².